The summed E-state index contributed by atoms with van der Waals surface area (Å²) in [5.41, 5.74) is 4.39. The molecule has 0 aliphatic carbocycles. The summed E-state index contributed by atoms with van der Waals surface area (Å²) in [6, 6.07) is 7.35. The molecule has 0 atom stereocenters. The maximum atomic E-state index is 12.7. The fourth-order valence-corrected chi connectivity index (χ4v) is 3.97. The van der Waals surface area contributed by atoms with E-state index in [2.05, 4.69) is 5.10 Å². The smallest absolute Gasteiger partial charge is 0.255 e. The van der Waals surface area contributed by atoms with Gasteiger partial charge in [-0.15, -0.1) is 0 Å². The number of amides is 1. The minimum atomic E-state index is -0.448. The van der Waals surface area contributed by atoms with E-state index in [0.717, 1.165) is 22.9 Å². The standard InChI is InChI=1S/C22H20N4O4/c1-13-7-15-8-17(4-6-25(15)19(13)12-27)30-20-3-5-23-26-11-18(14(2)21(20)26)22(29)24-9-16(28)10-24/h3-8,11-12,16,28H,9-10H2,1-2H3. The number of nitrogens with zero attached hydrogens (tertiary/aromatic N) is 4. The van der Waals surface area contributed by atoms with Crippen LogP contribution in [0.1, 0.15) is 32.0 Å². The van der Waals surface area contributed by atoms with Crippen molar-refractivity contribution in [2.24, 2.45) is 0 Å². The van der Waals surface area contributed by atoms with Crippen LogP contribution in [0.25, 0.3) is 11.0 Å². The molecule has 152 valence electrons. The molecule has 1 saturated heterocycles. The first-order valence-electron chi connectivity index (χ1n) is 9.65. The van der Waals surface area contributed by atoms with Crippen molar-refractivity contribution in [2.75, 3.05) is 13.1 Å². The Morgan fingerprint density at radius 2 is 2.07 bits per heavy atom. The lowest BCUT2D eigenvalue weighted by atomic mass is 10.1. The third-order valence-electron chi connectivity index (χ3n) is 5.59. The molecule has 8 heteroatoms. The topological polar surface area (TPSA) is 88.6 Å². The zero-order valence-corrected chi connectivity index (χ0v) is 16.6. The molecule has 0 bridgehead atoms. The molecule has 30 heavy (non-hydrogen) atoms. The quantitative estimate of drug-likeness (QED) is 0.528. The highest BCUT2D eigenvalue weighted by atomic mass is 16.5. The van der Waals surface area contributed by atoms with E-state index in [9.17, 15) is 14.7 Å². The summed E-state index contributed by atoms with van der Waals surface area (Å²) in [4.78, 5) is 25.7. The van der Waals surface area contributed by atoms with Crippen molar-refractivity contribution in [3.8, 4) is 11.5 Å². The fraction of sp³-hybridized carbons (Fsp3) is 0.227. The maximum Gasteiger partial charge on any atom is 0.255 e. The van der Waals surface area contributed by atoms with Crippen LogP contribution in [0.4, 0.5) is 0 Å². The van der Waals surface area contributed by atoms with Gasteiger partial charge in [0.05, 0.1) is 23.6 Å². The second kappa shape index (κ2) is 6.70. The van der Waals surface area contributed by atoms with E-state index in [1.807, 2.05) is 30.4 Å². The lowest BCUT2D eigenvalue weighted by Crippen LogP contribution is -2.53. The van der Waals surface area contributed by atoms with Gasteiger partial charge in [-0.05, 0) is 37.1 Å². The van der Waals surface area contributed by atoms with E-state index >= 15 is 0 Å². The zero-order chi connectivity index (χ0) is 21.0. The van der Waals surface area contributed by atoms with E-state index in [4.69, 9.17) is 4.74 Å². The summed E-state index contributed by atoms with van der Waals surface area (Å²) in [5, 5.41) is 13.8. The third-order valence-corrected chi connectivity index (χ3v) is 5.59. The summed E-state index contributed by atoms with van der Waals surface area (Å²) >= 11 is 0. The molecule has 0 radical (unpaired) electrons. The summed E-state index contributed by atoms with van der Waals surface area (Å²) in [5.74, 6) is 1.07. The van der Waals surface area contributed by atoms with Gasteiger partial charge in [-0.2, -0.15) is 5.10 Å². The Labute approximate surface area is 171 Å². The normalized spacial score (nSPS) is 14.3. The van der Waals surface area contributed by atoms with Crippen LogP contribution in [0.15, 0.2) is 42.9 Å². The number of likely N-dealkylation sites (tertiary alicyclic amines) is 1. The molecule has 1 fully saturated rings. The van der Waals surface area contributed by atoms with Crippen LogP contribution in [0.5, 0.6) is 11.5 Å². The number of hydrogen-bond acceptors (Lipinski definition) is 5. The van der Waals surface area contributed by atoms with Gasteiger partial charge in [0.2, 0.25) is 0 Å². The molecule has 0 spiro atoms. The highest BCUT2D eigenvalue weighted by Gasteiger charge is 2.31. The number of pyridine rings is 1. The van der Waals surface area contributed by atoms with Crippen LogP contribution >= 0.6 is 0 Å². The summed E-state index contributed by atoms with van der Waals surface area (Å²) < 4.78 is 9.60. The van der Waals surface area contributed by atoms with Crippen molar-refractivity contribution in [2.45, 2.75) is 20.0 Å². The Bertz CT molecular complexity index is 1310. The van der Waals surface area contributed by atoms with Gasteiger partial charge in [-0.3, -0.25) is 9.59 Å². The van der Waals surface area contributed by atoms with E-state index in [1.165, 1.54) is 0 Å². The molecule has 5 heterocycles. The number of carbonyl (C=O) groups excluding carboxylic acids is 2. The Balaban J connectivity index is 1.52. The lowest BCUT2D eigenvalue weighted by Gasteiger charge is -2.35. The number of rotatable bonds is 4. The summed E-state index contributed by atoms with van der Waals surface area (Å²) in [6.07, 6.45) is 5.51. The maximum absolute atomic E-state index is 12.7. The molecule has 1 aliphatic heterocycles. The highest BCUT2D eigenvalue weighted by Crippen LogP contribution is 2.32. The summed E-state index contributed by atoms with van der Waals surface area (Å²) in [6.45, 7) is 4.45. The van der Waals surface area contributed by atoms with Crippen LogP contribution in [0.3, 0.4) is 0 Å². The number of aryl methyl sites for hydroxylation is 2. The second-order valence-corrected chi connectivity index (χ2v) is 7.61. The van der Waals surface area contributed by atoms with E-state index in [-0.39, 0.29) is 5.91 Å². The van der Waals surface area contributed by atoms with Crippen LogP contribution < -0.4 is 4.74 Å². The average molecular weight is 404 g/mol. The second-order valence-electron chi connectivity index (χ2n) is 7.61. The molecule has 0 saturated carbocycles. The van der Waals surface area contributed by atoms with Gasteiger partial charge in [-0.25, -0.2) is 4.52 Å². The van der Waals surface area contributed by atoms with Crippen LogP contribution in [0, 0.1) is 13.8 Å². The number of aromatic nitrogens is 3. The Morgan fingerprint density at radius 1 is 1.27 bits per heavy atom. The van der Waals surface area contributed by atoms with Crippen molar-refractivity contribution in [3.05, 3.63) is 65.2 Å². The molecular formula is C22H20N4O4. The third kappa shape index (κ3) is 2.76. The molecule has 0 aromatic carbocycles. The molecule has 4 aromatic heterocycles. The number of aldehydes is 1. The van der Waals surface area contributed by atoms with Crippen LogP contribution in [-0.2, 0) is 0 Å². The highest BCUT2D eigenvalue weighted by molar-refractivity contribution is 5.98. The monoisotopic (exact) mass is 404 g/mol. The predicted octanol–water partition coefficient (Wildman–Crippen LogP) is 2.63. The molecule has 1 aliphatic rings. The van der Waals surface area contributed by atoms with Gasteiger partial charge in [-0.1, -0.05) is 0 Å². The SMILES string of the molecule is Cc1cc2cc(Oc3ccnn4cc(C(=O)N5CC(O)C5)c(C)c34)ccn2c1C=O. The first-order valence-corrected chi connectivity index (χ1v) is 9.65. The lowest BCUT2D eigenvalue weighted by molar-refractivity contribution is 0.00585. The van der Waals surface area contributed by atoms with E-state index < -0.39 is 6.10 Å². The molecule has 4 aromatic rings. The zero-order valence-electron chi connectivity index (χ0n) is 16.6. The van der Waals surface area contributed by atoms with Crippen LogP contribution in [0.2, 0.25) is 0 Å². The number of fused-ring (bicyclic) bond motifs is 2. The minimum Gasteiger partial charge on any atom is -0.455 e. The molecule has 1 amide bonds. The fourth-order valence-electron chi connectivity index (χ4n) is 3.97. The van der Waals surface area contributed by atoms with Crippen molar-refractivity contribution in [3.63, 3.8) is 0 Å². The van der Waals surface area contributed by atoms with Gasteiger partial charge in [0, 0.05) is 43.1 Å². The Hall–Kier alpha value is -3.65. The van der Waals surface area contributed by atoms with Gasteiger partial charge in [0.15, 0.2) is 12.0 Å². The Kier molecular flexibility index (Phi) is 4.11. The number of hydrogen-bond donors (Lipinski definition) is 1. The van der Waals surface area contributed by atoms with Gasteiger partial charge in [0.1, 0.15) is 11.3 Å². The van der Waals surface area contributed by atoms with Crippen molar-refractivity contribution < 1.29 is 19.4 Å². The van der Waals surface area contributed by atoms with E-state index in [1.54, 1.807) is 40.1 Å². The first-order chi connectivity index (χ1) is 14.5. The Morgan fingerprint density at radius 3 is 2.80 bits per heavy atom. The minimum absolute atomic E-state index is 0.124. The van der Waals surface area contributed by atoms with Gasteiger partial charge < -0.3 is 19.1 Å². The predicted molar refractivity (Wildman–Crippen MR) is 109 cm³/mol. The largest absolute Gasteiger partial charge is 0.455 e. The molecule has 5 rings (SSSR count). The number of carbonyl (C=O) groups is 2. The summed E-state index contributed by atoms with van der Waals surface area (Å²) in [7, 11) is 0. The van der Waals surface area contributed by atoms with Crippen molar-refractivity contribution in [1.82, 2.24) is 18.9 Å². The molecule has 0 unspecified atom stereocenters. The number of β-amino-alcohol motifs (C(OH)–C–C–N with tert-alkyl or cyclic N) is 1. The van der Waals surface area contributed by atoms with Gasteiger partial charge >= 0.3 is 0 Å². The van der Waals surface area contributed by atoms with Crippen molar-refractivity contribution in [1.29, 1.82) is 0 Å². The molecule has 1 N–H and O–H groups in total. The molecule has 8 nitrogen and oxygen atoms in total. The van der Waals surface area contributed by atoms with Crippen LogP contribution in [-0.4, -0.2) is 55.4 Å². The average Bonchev–Trinajstić information content (AvgIpc) is 3.21. The first kappa shape index (κ1) is 18.4. The number of aliphatic hydroxyl groups excluding tert-OH is 1. The van der Waals surface area contributed by atoms with Crippen molar-refractivity contribution >= 4 is 23.2 Å². The number of ether oxygens (including phenoxy) is 1. The van der Waals surface area contributed by atoms with E-state index in [0.29, 0.717) is 41.4 Å². The number of aliphatic hydroxyl groups is 1. The molecular weight excluding hydrogens is 384 g/mol. The van der Waals surface area contributed by atoms with Gasteiger partial charge in [0.25, 0.3) is 5.91 Å².